The summed E-state index contributed by atoms with van der Waals surface area (Å²) in [6, 6.07) is 8.05. The third-order valence-corrected chi connectivity index (χ3v) is 4.61. The van der Waals surface area contributed by atoms with Crippen molar-refractivity contribution in [2.24, 2.45) is 0 Å². The number of nitrogens with one attached hydrogen (secondary N) is 3. The molecule has 1 unspecified atom stereocenters. The summed E-state index contributed by atoms with van der Waals surface area (Å²) in [6.07, 6.45) is 1.81. The van der Waals surface area contributed by atoms with Crippen molar-refractivity contribution in [3.05, 3.63) is 46.8 Å². The van der Waals surface area contributed by atoms with Gasteiger partial charge in [-0.25, -0.2) is 0 Å². The Labute approximate surface area is 134 Å². The molecular formula is C17H20N4O2. The molecule has 6 nitrogen and oxygen atoms in total. The first-order chi connectivity index (χ1) is 11.3. The minimum Gasteiger partial charge on any atom is -0.493 e. The van der Waals surface area contributed by atoms with Crippen LogP contribution in [0.1, 0.15) is 39.6 Å². The molecule has 0 radical (unpaired) electrons. The van der Waals surface area contributed by atoms with Gasteiger partial charge in [0.1, 0.15) is 5.75 Å². The third-order valence-electron chi connectivity index (χ3n) is 4.61. The molecule has 3 N–H and O–H groups in total. The number of hydrogen-bond donors (Lipinski definition) is 3. The van der Waals surface area contributed by atoms with Crippen molar-refractivity contribution >= 4 is 5.91 Å². The maximum atomic E-state index is 12.5. The summed E-state index contributed by atoms with van der Waals surface area (Å²) >= 11 is 0. The van der Waals surface area contributed by atoms with E-state index in [1.165, 1.54) is 5.56 Å². The molecule has 0 saturated heterocycles. The predicted octanol–water partition coefficient (Wildman–Crippen LogP) is 1.35. The van der Waals surface area contributed by atoms with Crippen LogP contribution in [0.3, 0.4) is 0 Å². The molecule has 2 aliphatic rings. The highest BCUT2D eigenvalue weighted by Crippen LogP contribution is 2.32. The number of fused-ring (bicyclic) bond motifs is 2. The minimum atomic E-state index is -0.102. The summed E-state index contributed by atoms with van der Waals surface area (Å²) in [6.45, 7) is 2.93. The summed E-state index contributed by atoms with van der Waals surface area (Å²) in [5.74, 6) is 1.12. The van der Waals surface area contributed by atoms with E-state index in [0.29, 0.717) is 25.4 Å². The van der Waals surface area contributed by atoms with Crippen LogP contribution in [0, 0.1) is 0 Å². The average Bonchev–Trinajstić information content (AvgIpc) is 3.04. The smallest absolute Gasteiger partial charge is 0.272 e. The highest BCUT2D eigenvalue weighted by atomic mass is 16.5. The SMILES string of the molecule is O=C(NCC1CCOc2ccccc21)c1n[nH]c2c1CNCC2. The van der Waals surface area contributed by atoms with Crippen molar-refractivity contribution < 1.29 is 9.53 Å². The Hall–Kier alpha value is -2.34. The van der Waals surface area contributed by atoms with E-state index in [0.717, 1.165) is 36.4 Å². The van der Waals surface area contributed by atoms with Crippen LogP contribution < -0.4 is 15.4 Å². The van der Waals surface area contributed by atoms with E-state index in [-0.39, 0.29) is 11.8 Å². The molecule has 2 aromatic rings. The number of ether oxygens (including phenoxy) is 1. The van der Waals surface area contributed by atoms with E-state index in [1.807, 2.05) is 18.2 Å². The van der Waals surface area contributed by atoms with Crippen molar-refractivity contribution in [2.75, 3.05) is 19.7 Å². The molecule has 1 aromatic carbocycles. The lowest BCUT2D eigenvalue weighted by molar-refractivity contribution is 0.0942. The number of aromatic amines is 1. The molecule has 23 heavy (non-hydrogen) atoms. The Bertz CT molecular complexity index is 725. The first kappa shape index (κ1) is 14.3. The molecule has 0 aliphatic carbocycles. The van der Waals surface area contributed by atoms with E-state index < -0.39 is 0 Å². The number of hydrogen-bond acceptors (Lipinski definition) is 4. The van der Waals surface area contributed by atoms with Gasteiger partial charge in [0.05, 0.1) is 6.61 Å². The molecule has 0 saturated carbocycles. The standard InChI is InChI=1S/C17H20N4O2/c22-17(16-13-10-18-7-5-14(13)20-21-16)19-9-11-6-8-23-15-4-2-1-3-12(11)15/h1-4,11,18H,5-10H2,(H,19,22)(H,20,21). The molecular weight excluding hydrogens is 292 g/mol. The molecule has 2 aliphatic heterocycles. The number of benzene rings is 1. The van der Waals surface area contributed by atoms with Gasteiger partial charge in [-0.15, -0.1) is 0 Å². The van der Waals surface area contributed by atoms with E-state index >= 15 is 0 Å². The quantitative estimate of drug-likeness (QED) is 0.799. The fraction of sp³-hybridized carbons (Fsp3) is 0.412. The number of amides is 1. The second-order valence-corrected chi connectivity index (χ2v) is 6.04. The number of carbonyl (C=O) groups excluding carboxylic acids is 1. The monoisotopic (exact) mass is 312 g/mol. The van der Waals surface area contributed by atoms with Gasteiger partial charge in [-0.2, -0.15) is 5.10 Å². The predicted molar refractivity (Wildman–Crippen MR) is 85.6 cm³/mol. The van der Waals surface area contributed by atoms with Crippen LogP contribution >= 0.6 is 0 Å². The zero-order valence-corrected chi connectivity index (χ0v) is 12.9. The molecule has 0 bridgehead atoms. The minimum absolute atomic E-state index is 0.102. The lowest BCUT2D eigenvalue weighted by Crippen LogP contribution is -2.32. The topological polar surface area (TPSA) is 79.0 Å². The molecule has 0 spiro atoms. The van der Waals surface area contributed by atoms with Crippen molar-refractivity contribution in [3.8, 4) is 5.75 Å². The van der Waals surface area contributed by atoms with Crippen molar-refractivity contribution in [1.82, 2.24) is 20.8 Å². The molecule has 1 aromatic heterocycles. The number of rotatable bonds is 3. The molecule has 1 amide bonds. The Kier molecular flexibility index (Phi) is 3.75. The van der Waals surface area contributed by atoms with Gasteiger partial charge in [0, 0.05) is 43.2 Å². The van der Waals surface area contributed by atoms with Gasteiger partial charge in [-0.3, -0.25) is 9.89 Å². The normalized spacial score (nSPS) is 19.4. The van der Waals surface area contributed by atoms with E-state index in [1.54, 1.807) is 0 Å². The van der Waals surface area contributed by atoms with Gasteiger partial charge in [-0.1, -0.05) is 18.2 Å². The highest BCUT2D eigenvalue weighted by Gasteiger charge is 2.24. The summed E-state index contributed by atoms with van der Waals surface area (Å²) < 4.78 is 5.67. The van der Waals surface area contributed by atoms with Crippen LogP contribution in [0.15, 0.2) is 24.3 Å². The number of H-pyrrole nitrogens is 1. The van der Waals surface area contributed by atoms with Crippen LogP contribution in [0.2, 0.25) is 0 Å². The Morgan fingerprint density at radius 3 is 3.26 bits per heavy atom. The maximum absolute atomic E-state index is 12.5. The molecule has 4 rings (SSSR count). The fourth-order valence-corrected chi connectivity index (χ4v) is 3.34. The van der Waals surface area contributed by atoms with Crippen LogP contribution in [0.5, 0.6) is 5.75 Å². The fourth-order valence-electron chi connectivity index (χ4n) is 3.34. The Morgan fingerprint density at radius 2 is 2.30 bits per heavy atom. The van der Waals surface area contributed by atoms with Crippen molar-refractivity contribution in [2.45, 2.75) is 25.3 Å². The number of nitrogens with zero attached hydrogens (tertiary/aromatic N) is 1. The first-order valence-electron chi connectivity index (χ1n) is 8.09. The van der Waals surface area contributed by atoms with Gasteiger partial charge in [0.15, 0.2) is 5.69 Å². The van der Waals surface area contributed by atoms with Crippen molar-refractivity contribution in [1.29, 1.82) is 0 Å². The average molecular weight is 312 g/mol. The zero-order valence-electron chi connectivity index (χ0n) is 12.9. The van der Waals surface area contributed by atoms with E-state index in [2.05, 4.69) is 26.9 Å². The van der Waals surface area contributed by atoms with Gasteiger partial charge in [0.25, 0.3) is 5.91 Å². The van der Waals surface area contributed by atoms with Crippen LogP contribution in [-0.4, -0.2) is 35.8 Å². The third kappa shape index (κ3) is 2.70. The van der Waals surface area contributed by atoms with Crippen LogP contribution in [0.4, 0.5) is 0 Å². The lowest BCUT2D eigenvalue weighted by atomic mass is 9.93. The number of carbonyl (C=O) groups is 1. The van der Waals surface area contributed by atoms with Gasteiger partial charge in [-0.05, 0) is 18.1 Å². The summed E-state index contributed by atoms with van der Waals surface area (Å²) in [7, 11) is 0. The van der Waals surface area contributed by atoms with E-state index in [9.17, 15) is 4.79 Å². The van der Waals surface area contributed by atoms with Gasteiger partial charge in [0.2, 0.25) is 0 Å². The highest BCUT2D eigenvalue weighted by molar-refractivity contribution is 5.94. The molecule has 3 heterocycles. The van der Waals surface area contributed by atoms with E-state index in [4.69, 9.17) is 4.74 Å². The van der Waals surface area contributed by atoms with Crippen LogP contribution in [-0.2, 0) is 13.0 Å². The lowest BCUT2D eigenvalue weighted by Gasteiger charge is -2.26. The number of para-hydroxylation sites is 1. The second kappa shape index (κ2) is 6.04. The second-order valence-electron chi connectivity index (χ2n) is 6.04. The molecule has 6 heteroatoms. The zero-order chi connectivity index (χ0) is 15.6. The molecule has 1 atom stereocenters. The Balaban J connectivity index is 1.46. The van der Waals surface area contributed by atoms with Crippen LogP contribution in [0.25, 0.3) is 0 Å². The summed E-state index contributed by atoms with van der Waals surface area (Å²) in [5, 5.41) is 13.5. The summed E-state index contributed by atoms with van der Waals surface area (Å²) in [4.78, 5) is 12.5. The maximum Gasteiger partial charge on any atom is 0.272 e. The number of aromatic nitrogens is 2. The summed E-state index contributed by atoms with van der Waals surface area (Å²) in [5.41, 5.74) is 3.77. The van der Waals surface area contributed by atoms with Crippen molar-refractivity contribution in [3.63, 3.8) is 0 Å². The largest absolute Gasteiger partial charge is 0.493 e. The van der Waals surface area contributed by atoms with Gasteiger partial charge >= 0.3 is 0 Å². The Morgan fingerprint density at radius 1 is 1.39 bits per heavy atom. The first-order valence-corrected chi connectivity index (χ1v) is 8.09. The molecule has 120 valence electrons. The molecule has 0 fully saturated rings. The van der Waals surface area contributed by atoms with Gasteiger partial charge < -0.3 is 15.4 Å².